The summed E-state index contributed by atoms with van der Waals surface area (Å²) in [6, 6.07) is 16.3. The first-order valence-corrected chi connectivity index (χ1v) is 16.0. The molecule has 4 bridgehead atoms. The second kappa shape index (κ2) is 8.09. The van der Waals surface area contributed by atoms with Gasteiger partial charge in [0.05, 0.1) is 13.2 Å². The number of ether oxygens (including phenoxy) is 3. The second-order valence-corrected chi connectivity index (χ2v) is 14.8. The van der Waals surface area contributed by atoms with Crippen molar-refractivity contribution in [2.75, 3.05) is 26.8 Å². The highest BCUT2D eigenvalue weighted by molar-refractivity contribution is 7.19. The Kier molecular flexibility index (Phi) is 4.93. The third kappa shape index (κ3) is 2.96. The zero-order chi connectivity index (χ0) is 26.0. The number of hydrogen-bond acceptors (Lipinski definition) is 5. The number of rotatable bonds is 7. The molecule has 2 aliphatic heterocycles. The van der Waals surface area contributed by atoms with Crippen molar-refractivity contribution >= 4 is 21.4 Å². The highest BCUT2D eigenvalue weighted by Gasteiger charge is 2.80. The number of fused-ring (bicyclic) bond motifs is 3. The average Bonchev–Trinajstić information content (AvgIpc) is 3.54. The molecule has 1 aromatic heterocycles. The van der Waals surface area contributed by atoms with Crippen molar-refractivity contribution in [3.63, 3.8) is 0 Å². The first kappa shape index (κ1) is 23.8. The van der Waals surface area contributed by atoms with E-state index in [1.165, 1.54) is 77.9 Å². The van der Waals surface area contributed by atoms with Crippen LogP contribution in [0.4, 0.5) is 0 Å². The van der Waals surface area contributed by atoms with Gasteiger partial charge in [-0.2, -0.15) is 0 Å². The van der Waals surface area contributed by atoms with Crippen LogP contribution in [0.2, 0.25) is 0 Å². The van der Waals surface area contributed by atoms with Gasteiger partial charge in [0.1, 0.15) is 17.5 Å². The minimum Gasteiger partial charge on any atom is -0.486 e. The van der Waals surface area contributed by atoms with Crippen LogP contribution in [0.5, 0.6) is 5.75 Å². The molecule has 1 saturated heterocycles. The Morgan fingerprint density at radius 2 is 2.00 bits per heavy atom. The first-order valence-electron chi connectivity index (χ1n) is 15.2. The molecule has 3 aromatic rings. The van der Waals surface area contributed by atoms with E-state index in [0.717, 1.165) is 18.9 Å². The van der Waals surface area contributed by atoms with Crippen molar-refractivity contribution in [1.29, 1.82) is 0 Å². The lowest BCUT2D eigenvalue weighted by molar-refractivity contribution is -0.283. The average molecular weight is 542 g/mol. The summed E-state index contributed by atoms with van der Waals surface area (Å²) in [5.41, 5.74) is 4.50. The van der Waals surface area contributed by atoms with Crippen molar-refractivity contribution < 1.29 is 14.2 Å². The summed E-state index contributed by atoms with van der Waals surface area (Å²) < 4.78 is 21.8. The molecule has 39 heavy (non-hydrogen) atoms. The Morgan fingerprint density at radius 3 is 2.85 bits per heavy atom. The van der Waals surface area contributed by atoms with Gasteiger partial charge in [0, 0.05) is 51.6 Å². The van der Waals surface area contributed by atoms with Crippen LogP contribution in [0.3, 0.4) is 0 Å². The molecule has 5 aliphatic carbocycles. The monoisotopic (exact) mass is 541 g/mol. The number of likely N-dealkylation sites (tertiary alicyclic amines) is 1. The summed E-state index contributed by atoms with van der Waals surface area (Å²) in [5, 5.41) is 1.32. The number of hydrogen-bond donors (Lipinski definition) is 0. The van der Waals surface area contributed by atoms with Crippen LogP contribution >= 0.6 is 11.3 Å². The maximum Gasteiger partial charge on any atom is 0.138 e. The molecule has 2 aromatic carbocycles. The maximum atomic E-state index is 7.20. The van der Waals surface area contributed by atoms with Gasteiger partial charge in [0.15, 0.2) is 0 Å². The Balaban J connectivity index is 1.10. The standard InChI is InChI=1S/C34H39NO3S/c1-21-7-10-24-16-28-32-11-12-34(36-2,25(17-32)19-37-20-26-15-23-5-3-4-6-27(23)39-26)31-33(32,29(24)30(21)38-31)13-14-35(28)18-22-8-9-22/h3-7,10,15,22,25,28,31H,8-9,11-14,16-20H2,1-2H3/t25-,28+,31?,32+,33-,34+/m0/s1. The van der Waals surface area contributed by atoms with Gasteiger partial charge >= 0.3 is 0 Å². The number of piperidine rings is 1. The predicted molar refractivity (Wildman–Crippen MR) is 155 cm³/mol. The van der Waals surface area contributed by atoms with Crippen LogP contribution in [0.25, 0.3) is 10.1 Å². The molecule has 1 unspecified atom stereocenters. The quantitative estimate of drug-likeness (QED) is 0.335. The van der Waals surface area contributed by atoms with Gasteiger partial charge in [-0.25, -0.2) is 0 Å². The molecule has 5 fully saturated rings. The maximum absolute atomic E-state index is 7.20. The Hall–Kier alpha value is -1.92. The number of thiophene rings is 1. The van der Waals surface area contributed by atoms with Gasteiger partial charge in [-0.05, 0) is 93.0 Å². The van der Waals surface area contributed by atoms with Crippen LogP contribution in [0.15, 0.2) is 42.5 Å². The fraction of sp³-hybridized carbons (Fsp3) is 0.588. The lowest BCUT2D eigenvalue weighted by Gasteiger charge is -2.74. The third-order valence-electron chi connectivity index (χ3n) is 12.1. The van der Waals surface area contributed by atoms with Crippen LogP contribution in [0.1, 0.15) is 60.1 Å². The summed E-state index contributed by atoms with van der Waals surface area (Å²) >= 11 is 1.86. The highest BCUT2D eigenvalue weighted by Crippen LogP contribution is 2.76. The topological polar surface area (TPSA) is 30.9 Å². The van der Waals surface area contributed by atoms with E-state index in [9.17, 15) is 0 Å². The SMILES string of the molecule is CO[C@]12CC[C@@]3(C[C@H]1COCc1cc4ccccc4s1)[C@H]1Cc4ccc(C)c5c4[C@@]3(CCN1CC1CC1)C2O5. The normalized spacial score (nSPS) is 37.7. The fourth-order valence-corrected chi connectivity index (χ4v) is 11.3. The molecular weight excluding hydrogens is 502 g/mol. The Bertz CT molecular complexity index is 1450. The van der Waals surface area contributed by atoms with Crippen LogP contribution in [-0.4, -0.2) is 49.5 Å². The largest absolute Gasteiger partial charge is 0.486 e. The van der Waals surface area contributed by atoms with Gasteiger partial charge < -0.3 is 14.2 Å². The number of aryl methyl sites for hydroxylation is 1. The summed E-state index contributed by atoms with van der Waals surface area (Å²) in [7, 11) is 1.95. The summed E-state index contributed by atoms with van der Waals surface area (Å²) in [4.78, 5) is 4.24. The molecule has 5 heteroatoms. The molecule has 0 radical (unpaired) electrons. The highest BCUT2D eigenvalue weighted by atomic mass is 32.1. The van der Waals surface area contributed by atoms with Crippen molar-refractivity contribution in [3.05, 3.63) is 64.0 Å². The van der Waals surface area contributed by atoms with E-state index in [0.29, 0.717) is 18.6 Å². The minimum absolute atomic E-state index is 0.0862. The molecule has 3 heterocycles. The lowest BCUT2D eigenvalue weighted by atomic mass is 9.35. The van der Waals surface area contributed by atoms with Gasteiger partial charge in [0.2, 0.25) is 0 Å². The second-order valence-electron chi connectivity index (χ2n) is 13.6. The van der Waals surface area contributed by atoms with E-state index in [2.05, 4.69) is 54.3 Å². The van der Waals surface area contributed by atoms with Crippen molar-refractivity contribution in [2.45, 2.75) is 81.6 Å². The lowest BCUT2D eigenvalue weighted by Crippen LogP contribution is -2.81. The molecular formula is C34H39NO3S. The number of methoxy groups -OCH3 is 1. The smallest absolute Gasteiger partial charge is 0.138 e. The van der Waals surface area contributed by atoms with E-state index < -0.39 is 0 Å². The zero-order valence-electron chi connectivity index (χ0n) is 23.2. The van der Waals surface area contributed by atoms with E-state index in [-0.39, 0.29) is 22.5 Å². The minimum atomic E-state index is -0.287. The molecule has 6 atom stereocenters. The summed E-state index contributed by atoms with van der Waals surface area (Å²) in [5.74, 6) is 2.47. The van der Waals surface area contributed by atoms with Crippen molar-refractivity contribution in [2.24, 2.45) is 17.3 Å². The zero-order valence-corrected chi connectivity index (χ0v) is 24.0. The van der Waals surface area contributed by atoms with E-state index >= 15 is 0 Å². The molecule has 4 nitrogen and oxygen atoms in total. The third-order valence-corrected chi connectivity index (χ3v) is 13.2. The molecule has 0 amide bonds. The molecule has 204 valence electrons. The molecule has 7 aliphatic rings. The predicted octanol–water partition coefficient (Wildman–Crippen LogP) is 6.65. The van der Waals surface area contributed by atoms with Crippen molar-refractivity contribution in [3.8, 4) is 5.75 Å². The number of nitrogens with zero attached hydrogens (tertiary/aromatic N) is 1. The fourth-order valence-electron chi connectivity index (χ4n) is 10.3. The Labute approximate surface area is 235 Å². The van der Waals surface area contributed by atoms with E-state index in [4.69, 9.17) is 14.2 Å². The summed E-state index contributed by atoms with van der Waals surface area (Å²) in [6.07, 6.45) is 8.88. The van der Waals surface area contributed by atoms with E-state index in [1.54, 1.807) is 11.1 Å². The van der Waals surface area contributed by atoms with Crippen LogP contribution < -0.4 is 4.74 Å². The van der Waals surface area contributed by atoms with Crippen LogP contribution in [0, 0.1) is 24.2 Å². The van der Waals surface area contributed by atoms with Gasteiger partial charge in [-0.1, -0.05) is 30.3 Å². The first-order chi connectivity index (χ1) is 19.1. The Morgan fingerprint density at radius 1 is 1.10 bits per heavy atom. The summed E-state index contributed by atoms with van der Waals surface area (Å²) in [6.45, 7) is 6.18. The molecule has 10 rings (SSSR count). The molecule has 2 spiro atoms. The van der Waals surface area contributed by atoms with E-state index in [1.807, 2.05) is 18.4 Å². The van der Waals surface area contributed by atoms with Gasteiger partial charge in [0.25, 0.3) is 0 Å². The molecule has 4 saturated carbocycles. The van der Waals surface area contributed by atoms with Gasteiger partial charge in [-0.15, -0.1) is 11.3 Å². The number of benzene rings is 2. The van der Waals surface area contributed by atoms with Gasteiger partial charge in [-0.3, -0.25) is 4.90 Å². The van der Waals surface area contributed by atoms with Crippen LogP contribution in [-0.2, 0) is 27.9 Å². The molecule has 0 N–H and O–H groups in total. The van der Waals surface area contributed by atoms with Crippen molar-refractivity contribution in [1.82, 2.24) is 4.90 Å².